The highest BCUT2D eigenvalue weighted by Gasteiger charge is 2.30. The van der Waals surface area contributed by atoms with Crippen molar-refractivity contribution >= 4 is 5.82 Å². The quantitative estimate of drug-likeness (QED) is 0.932. The average Bonchev–Trinajstić information content (AvgIpc) is 2.54. The molecular weight excluding hydrogens is 321 g/mol. The molecule has 1 aromatic carbocycles. The van der Waals surface area contributed by atoms with E-state index in [1.807, 2.05) is 0 Å². The summed E-state index contributed by atoms with van der Waals surface area (Å²) in [5, 5.41) is 0. The summed E-state index contributed by atoms with van der Waals surface area (Å²) in [5.41, 5.74) is 5.71. The number of rotatable bonds is 3. The van der Waals surface area contributed by atoms with Crippen molar-refractivity contribution in [3.8, 4) is 0 Å². The number of halogens is 3. The SMILES string of the molecule is Nc1ccnc(CN2CCO[C@H](c3ccc(C(F)(F)F)cc3)C2)n1. The zero-order valence-corrected chi connectivity index (χ0v) is 12.8. The molecule has 0 saturated carbocycles. The van der Waals surface area contributed by atoms with E-state index in [0.717, 1.165) is 17.7 Å². The first-order valence-corrected chi connectivity index (χ1v) is 7.50. The molecule has 5 nitrogen and oxygen atoms in total. The molecule has 1 fully saturated rings. The third kappa shape index (κ3) is 4.01. The van der Waals surface area contributed by atoms with E-state index in [2.05, 4.69) is 14.9 Å². The Morgan fingerprint density at radius 3 is 2.62 bits per heavy atom. The minimum absolute atomic E-state index is 0.276. The van der Waals surface area contributed by atoms with Crippen molar-refractivity contribution in [3.05, 3.63) is 53.5 Å². The number of nitrogen functional groups attached to an aromatic ring is 1. The molecule has 1 saturated heterocycles. The number of aromatic nitrogens is 2. The number of hydrogen-bond acceptors (Lipinski definition) is 5. The van der Waals surface area contributed by atoms with Gasteiger partial charge < -0.3 is 10.5 Å². The summed E-state index contributed by atoms with van der Waals surface area (Å²) in [4.78, 5) is 10.4. The molecule has 1 aliphatic rings. The molecule has 1 aliphatic heterocycles. The van der Waals surface area contributed by atoms with Gasteiger partial charge in [0.05, 0.1) is 24.8 Å². The molecule has 0 unspecified atom stereocenters. The fourth-order valence-corrected chi connectivity index (χ4v) is 2.63. The summed E-state index contributed by atoms with van der Waals surface area (Å²) in [6, 6.07) is 6.72. The maximum atomic E-state index is 12.6. The maximum Gasteiger partial charge on any atom is 0.416 e. The number of anilines is 1. The summed E-state index contributed by atoms with van der Waals surface area (Å²) in [5.74, 6) is 1.02. The fourth-order valence-electron chi connectivity index (χ4n) is 2.63. The Morgan fingerprint density at radius 2 is 1.96 bits per heavy atom. The van der Waals surface area contributed by atoms with E-state index in [9.17, 15) is 13.2 Å². The number of morpholine rings is 1. The molecule has 0 bridgehead atoms. The lowest BCUT2D eigenvalue weighted by atomic mass is 10.1. The molecular formula is C16H17F3N4O. The summed E-state index contributed by atoms with van der Waals surface area (Å²) < 4.78 is 43.6. The van der Waals surface area contributed by atoms with Gasteiger partial charge in [0, 0.05) is 19.3 Å². The number of alkyl halides is 3. The number of ether oxygens (including phenoxy) is 1. The van der Waals surface area contributed by atoms with Crippen LogP contribution in [0.15, 0.2) is 36.5 Å². The molecule has 2 aromatic rings. The summed E-state index contributed by atoms with van der Waals surface area (Å²) in [7, 11) is 0. The van der Waals surface area contributed by atoms with E-state index in [4.69, 9.17) is 10.5 Å². The molecule has 2 N–H and O–H groups in total. The minimum Gasteiger partial charge on any atom is -0.384 e. The van der Waals surface area contributed by atoms with Crippen LogP contribution in [0.5, 0.6) is 0 Å². The van der Waals surface area contributed by atoms with Crippen LogP contribution in [0.1, 0.15) is 23.1 Å². The third-order valence-electron chi connectivity index (χ3n) is 3.85. The van der Waals surface area contributed by atoms with E-state index < -0.39 is 11.7 Å². The highest BCUT2D eigenvalue weighted by molar-refractivity contribution is 5.27. The third-order valence-corrected chi connectivity index (χ3v) is 3.85. The number of nitrogens with zero attached hydrogens (tertiary/aromatic N) is 3. The Morgan fingerprint density at radius 1 is 1.21 bits per heavy atom. The van der Waals surface area contributed by atoms with Gasteiger partial charge in [-0.25, -0.2) is 9.97 Å². The van der Waals surface area contributed by atoms with Crippen molar-refractivity contribution in [1.82, 2.24) is 14.9 Å². The first-order valence-electron chi connectivity index (χ1n) is 7.50. The monoisotopic (exact) mass is 338 g/mol. The smallest absolute Gasteiger partial charge is 0.384 e. The van der Waals surface area contributed by atoms with Crippen LogP contribution in [0.25, 0.3) is 0 Å². The maximum absolute atomic E-state index is 12.6. The van der Waals surface area contributed by atoms with Gasteiger partial charge in [0.25, 0.3) is 0 Å². The van der Waals surface area contributed by atoms with Crippen molar-refractivity contribution in [2.45, 2.75) is 18.8 Å². The van der Waals surface area contributed by atoms with E-state index in [1.165, 1.54) is 12.1 Å². The van der Waals surface area contributed by atoms with Gasteiger partial charge in [-0.2, -0.15) is 13.2 Å². The van der Waals surface area contributed by atoms with Crippen LogP contribution in [0, 0.1) is 0 Å². The van der Waals surface area contributed by atoms with Crippen LogP contribution in [0.3, 0.4) is 0 Å². The zero-order chi connectivity index (χ0) is 17.2. The van der Waals surface area contributed by atoms with Crippen LogP contribution in [-0.4, -0.2) is 34.6 Å². The number of nitrogens with two attached hydrogens (primary N) is 1. The van der Waals surface area contributed by atoms with Gasteiger partial charge in [0.1, 0.15) is 11.6 Å². The Kier molecular flexibility index (Phi) is 4.68. The molecule has 3 rings (SSSR count). The normalized spacial score (nSPS) is 19.4. The topological polar surface area (TPSA) is 64.3 Å². The fraction of sp³-hybridized carbons (Fsp3) is 0.375. The van der Waals surface area contributed by atoms with Crippen molar-refractivity contribution in [1.29, 1.82) is 0 Å². The molecule has 2 heterocycles. The molecule has 0 aliphatic carbocycles. The van der Waals surface area contributed by atoms with Crippen LogP contribution >= 0.6 is 0 Å². The Hall–Kier alpha value is -2.19. The Balaban J connectivity index is 1.67. The van der Waals surface area contributed by atoms with Gasteiger partial charge in [-0.3, -0.25) is 4.90 Å². The molecule has 1 aromatic heterocycles. The van der Waals surface area contributed by atoms with Gasteiger partial charge in [-0.15, -0.1) is 0 Å². The van der Waals surface area contributed by atoms with Gasteiger partial charge in [0.2, 0.25) is 0 Å². The lowest BCUT2D eigenvalue weighted by Crippen LogP contribution is -2.38. The molecule has 1 atom stereocenters. The largest absolute Gasteiger partial charge is 0.416 e. The highest BCUT2D eigenvalue weighted by atomic mass is 19.4. The number of benzene rings is 1. The second-order valence-electron chi connectivity index (χ2n) is 5.61. The minimum atomic E-state index is -4.33. The molecule has 0 amide bonds. The van der Waals surface area contributed by atoms with E-state index >= 15 is 0 Å². The molecule has 8 heteroatoms. The standard InChI is InChI=1S/C16H17F3N4O/c17-16(18,19)12-3-1-11(2-4-12)13-9-23(7-8-24-13)10-15-21-6-5-14(20)22-15/h1-6,13H,7-10H2,(H2,20,21,22)/t13-/m0/s1. The summed E-state index contributed by atoms with van der Waals surface area (Å²) >= 11 is 0. The predicted octanol–water partition coefficient (Wildman–Crippen LogP) is 2.65. The molecule has 24 heavy (non-hydrogen) atoms. The molecule has 128 valence electrons. The van der Waals surface area contributed by atoms with Gasteiger partial charge in [-0.05, 0) is 23.8 Å². The molecule has 0 radical (unpaired) electrons. The van der Waals surface area contributed by atoms with E-state index in [1.54, 1.807) is 12.3 Å². The van der Waals surface area contributed by atoms with Gasteiger partial charge >= 0.3 is 6.18 Å². The first kappa shape index (κ1) is 16.7. The van der Waals surface area contributed by atoms with Gasteiger partial charge in [0.15, 0.2) is 0 Å². The van der Waals surface area contributed by atoms with Crippen molar-refractivity contribution in [3.63, 3.8) is 0 Å². The second kappa shape index (κ2) is 6.74. The van der Waals surface area contributed by atoms with E-state index in [-0.39, 0.29) is 6.10 Å². The predicted molar refractivity (Wildman–Crippen MR) is 81.9 cm³/mol. The van der Waals surface area contributed by atoms with Crippen molar-refractivity contribution in [2.24, 2.45) is 0 Å². The van der Waals surface area contributed by atoms with Crippen LogP contribution in [-0.2, 0) is 17.5 Å². The number of hydrogen-bond donors (Lipinski definition) is 1. The van der Waals surface area contributed by atoms with Gasteiger partial charge in [-0.1, -0.05) is 12.1 Å². The summed E-state index contributed by atoms with van der Waals surface area (Å²) in [6.07, 6.45) is -3.00. The summed E-state index contributed by atoms with van der Waals surface area (Å²) in [6.45, 7) is 2.28. The van der Waals surface area contributed by atoms with Crippen molar-refractivity contribution < 1.29 is 17.9 Å². The van der Waals surface area contributed by atoms with Crippen LogP contribution < -0.4 is 5.73 Å². The average molecular weight is 338 g/mol. The van der Waals surface area contributed by atoms with Crippen molar-refractivity contribution in [2.75, 3.05) is 25.4 Å². The highest BCUT2D eigenvalue weighted by Crippen LogP contribution is 2.31. The Labute approximate surface area is 137 Å². The lowest BCUT2D eigenvalue weighted by Gasteiger charge is -2.32. The van der Waals surface area contributed by atoms with E-state index in [0.29, 0.717) is 37.9 Å². The van der Waals surface area contributed by atoms with Crippen LogP contribution in [0.4, 0.5) is 19.0 Å². The lowest BCUT2D eigenvalue weighted by molar-refractivity contribution is -0.137. The Bertz CT molecular complexity index is 690. The van der Waals surface area contributed by atoms with Crippen LogP contribution in [0.2, 0.25) is 0 Å². The zero-order valence-electron chi connectivity index (χ0n) is 12.8. The first-order chi connectivity index (χ1) is 11.4. The second-order valence-corrected chi connectivity index (χ2v) is 5.61. The molecule has 0 spiro atoms.